The van der Waals surface area contributed by atoms with Crippen LogP contribution in [0.2, 0.25) is 0 Å². The number of hydrogen-bond acceptors (Lipinski definition) is 7. The van der Waals surface area contributed by atoms with Crippen molar-refractivity contribution in [2.45, 2.75) is 44.1 Å². The molecule has 2 heterocycles. The van der Waals surface area contributed by atoms with Gasteiger partial charge < -0.3 is 25.2 Å². The number of carbonyl (C=O) groups excluding carboxylic acids is 2. The lowest BCUT2D eigenvalue weighted by Gasteiger charge is -2.22. The maximum Gasteiger partial charge on any atom is 0.408 e. The van der Waals surface area contributed by atoms with E-state index in [9.17, 15) is 9.59 Å². The molecule has 0 saturated heterocycles. The molecule has 0 radical (unpaired) electrons. The van der Waals surface area contributed by atoms with Gasteiger partial charge in [-0.05, 0) is 32.4 Å². The number of nitrogens with one attached hydrogen (secondary N) is 2. The van der Waals surface area contributed by atoms with E-state index >= 15 is 0 Å². The third kappa shape index (κ3) is 5.74. The van der Waals surface area contributed by atoms with Gasteiger partial charge in [-0.3, -0.25) is 4.79 Å². The molecule has 0 saturated carbocycles. The summed E-state index contributed by atoms with van der Waals surface area (Å²) in [5.74, 6) is -0.251. The number of thioether (sulfide) groups is 1. The first-order valence-electron chi connectivity index (χ1n) is 9.00. The van der Waals surface area contributed by atoms with Crippen LogP contribution in [0.4, 0.5) is 4.79 Å². The van der Waals surface area contributed by atoms with Crippen molar-refractivity contribution in [3.05, 3.63) is 41.9 Å². The average molecular weight is 417 g/mol. The standard InChI is InChI=1S/C19H23N5O4S/c1-19(2,3)28-17(26)22-14(16-23-24-18(27-16)29-10-15(20)25)8-11-9-21-13-7-5-4-6-12(11)13/h4-7,9,14,21H,8,10H2,1-3H3,(H2,20,25)(H,22,26)/t14-/m0/s1. The van der Waals surface area contributed by atoms with Crippen molar-refractivity contribution < 1.29 is 18.7 Å². The smallest absolute Gasteiger partial charge is 0.408 e. The molecule has 10 heteroatoms. The highest BCUT2D eigenvalue weighted by atomic mass is 32.2. The molecular formula is C19H23N5O4S. The van der Waals surface area contributed by atoms with Gasteiger partial charge in [-0.25, -0.2) is 4.79 Å². The van der Waals surface area contributed by atoms with Gasteiger partial charge in [0, 0.05) is 23.5 Å². The average Bonchev–Trinajstić information content (AvgIpc) is 3.25. The first-order valence-corrected chi connectivity index (χ1v) is 9.99. The summed E-state index contributed by atoms with van der Waals surface area (Å²) >= 11 is 1.04. The third-order valence-electron chi connectivity index (χ3n) is 3.85. The van der Waals surface area contributed by atoms with Crippen LogP contribution in [0, 0.1) is 0 Å². The fourth-order valence-corrected chi connectivity index (χ4v) is 3.23. The predicted molar refractivity (Wildman–Crippen MR) is 108 cm³/mol. The summed E-state index contributed by atoms with van der Waals surface area (Å²) in [6.07, 6.45) is 1.70. The van der Waals surface area contributed by atoms with E-state index < -0.39 is 23.6 Å². The molecule has 0 unspecified atom stereocenters. The number of hydrogen-bond donors (Lipinski definition) is 3. The summed E-state index contributed by atoms with van der Waals surface area (Å²) in [6.45, 7) is 5.35. The molecule has 154 valence electrons. The molecule has 2 aromatic heterocycles. The van der Waals surface area contributed by atoms with Crippen molar-refractivity contribution in [3.8, 4) is 0 Å². The Hall–Kier alpha value is -3.01. The molecule has 29 heavy (non-hydrogen) atoms. The van der Waals surface area contributed by atoms with E-state index in [1.165, 1.54) is 0 Å². The normalized spacial score (nSPS) is 12.7. The number of H-pyrrole nitrogens is 1. The second kappa shape index (κ2) is 8.56. The summed E-state index contributed by atoms with van der Waals surface area (Å²) in [5.41, 5.74) is 6.47. The zero-order chi connectivity index (χ0) is 21.0. The maximum atomic E-state index is 12.4. The lowest BCUT2D eigenvalue weighted by molar-refractivity contribution is -0.115. The number of primary amides is 1. The van der Waals surface area contributed by atoms with Crippen LogP contribution in [0.15, 0.2) is 40.1 Å². The summed E-state index contributed by atoms with van der Waals surface area (Å²) < 4.78 is 11.0. The van der Waals surface area contributed by atoms with Crippen LogP contribution in [-0.2, 0) is 16.0 Å². The molecular weight excluding hydrogens is 394 g/mol. The molecule has 0 aliphatic rings. The van der Waals surface area contributed by atoms with Crippen molar-refractivity contribution in [1.82, 2.24) is 20.5 Å². The minimum Gasteiger partial charge on any atom is -0.444 e. The Balaban J connectivity index is 1.83. The fourth-order valence-electron chi connectivity index (χ4n) is 2.72. The molecule has 9 nitrogen and oxygen atoms in total. The minimum atomic E-state index is -0.646. The Bertz CT molecular complexity index is 1010. The van der Waals surface area contributed by atoms with Crippen molar-refractivity contribution in [1.29, 1.82) is 0 Å². The van der Waals surface area contributed by atoms with Crippen molar-refractivity contribution in [2.75, 3.05) is 5.75 Å². The number of amides is 2. The minimum absolute atomic E-state index is 0.0221. The Labute approximate surface area is 171 Å². The Kier molecular flexibility index (Phi) is 6.12. The zero-order valence-corrected chi connectivity index (χ0v) is 17.2. The number of benzene rings is 1. The third-order valence-corrected chi connectivity index (χ3v) is 4.69. The van der Waals surface area contributed by atoms with Gasteiger partial charge in [0.05, 0.1) is 5.75 Å². The number of fused-ring (bicyclic) bond motifs is 1. The Morgan fingerprint density at radius 1 is 1.31 bits per heavy atom. The monoisotopic (exact) mass is 417 g/mol. The molecule has 0 aliphatic heterocycles. The Morgan fingerprint density at radius 2 is 2.07 bits per heavy atom. The SMILES string of the molecule is CC(C)(C)OC(=O)N[C@@H](Cc1c[nH]c2ccccc12)c1nnc(SCC(N)=O)o1. The van der Waals surface area contributed by atoms with Gasteiger partial charge in [0.25, 0.3) is 5.22 Å². The summed E-state index contributed by atoms with van der Waals surface area (Å²) in [5, 5.41) is 12.0. The summed E-state index contributed by atoms with van der Waals surface area (Å²) in [7, 11) is 0. The molecule has 3 aromatic rings. The second-order valence-electron chi connectivity index (χ2n) is 7.42. The lowest BCUT2D eigenvalue weighted by Crippen LogP contribution is -2.36. The summed E-state index contributed by atoms with van der Waals surface area (Å²) in [6, 6.07) is 7.24. The van der Waals surface area contributed by atoms with Gasteiger partial charge in [-0.2, -0.15) is 0 Å². The molecule has 3 rings (SSSR count). The lowest BCUT2D eigenvalue weighted by atomic mass is 10.1. The van der Waals surface area contributed by atoms with E-state index in [1.807, 2.05) is 30.5 Å². The number of nitrogens with two attached hydrogens (primary N) is 1. The van der Waals surface area contributed by atoms with Crippen molar-refractivity contribution >= 4 is 34.7 Å². The zero-order valence-electron chi connectivity index (χ0n) is 16.4. The highest BCUT2D eigenvalue weighted by Crippen LogP contribution is 2.26. The number of aromatic nitrogens is 3. The van der Waals surface area contributed by atoms with Crippen LogP contribution in [0.25, 0.3) is 10.9 Å². The van der Waals surface area contributed by atoms with Crippen LogP contribution in [0.3, 0.4) is 0 Å². The first kappa shape index (κ1) is 20.7. The highest BCUT2D eigenvalue weighted by Gasteiger charge is 2.26. The van der Waals surface area contributed by atoms with Gasteiger partial charge in [-0.1, -0.05) is 30.0 Å². The molecule has 0 bridgehead atoms. The Morgan fingerprint density at radius 3 is 2.79 bits per heavy atom. The van der Waals surface area contributed by atoms with Crippen LogP contribution in [0.5, 0.6) is 0 Å². The quantitative estimate of drug-likeness (QED) is 0.503. The van der Waals surface area contributed by atoms with E-state index in [0.717, 1.165) is 28.2 Å². The van der Waals surface area contributed by atoms with Crippen LogP contribution in [-0.4, -0.2) is 38.5 Å². The molecule has 4 N–H and O–H groups in total. The number of ether oxygens (including phenoxy) is 1. The molecule has 2 amide bonds. The molecule has 1 atom stereocenters. The van der Waals surface area contributed by atoms with E-state index in [4.69, 9.17) is 14.9 Å². The highest BCUT2D eigenvalue weighted by molar-refractivity contribution is 7.99. The van der Waals surface area contributed by atoms with E-state index in [2.05, 4.69) is 20.5 Å². The van der Waals surface area contributed by atoms with E-state index in [0.29, 0.717) is 6.42 Å². The number of carbonyl (C=O) groups is 2. The van der Waals surface area contributed by atoms with E-state index in [-0.39, 0.29) is 16.9 Å². The van der Waals surface area contributed by atoms with Crippen molar-refractivity contribution in [3.63, 3.8) is 0 Å². The number of nitrogens with zero attached hydrogens (tertiary/aromatic N) is 2. The maximum absolute atomic E-state index is 12.4. The van der Waals surface area contributed by atoms with Gasteiger partial charge in [-0.15, -0.1) is 10.2 Å². The predicted octanol–water partition coefficient (Wildman–Crippen LogP) is 2.94. The first-order chi connectivity index (χ1) is 13.7. The van der Waals surface area contributed by atoms with Gasteiger partial charge in [0.2, 0.25) is 11.8 Å². The molecule has 0 fully saturated rings. The van der Waals surface area contributed by atoms with Gasteiger partial charge >= 0.3 is 6.09 Å². The second-order valence-corrected chi connectivity index (χ2v) is 8.35. The van der Waals surface area contributed by atoms with E-state index in [1.54, 1.807) is 20.8 Å². The topological polar surface area (TPSA) is 136 Å². The fraction of sp³-hybridized carbons (Fsp3) is 0.368. The van der Waals surface area contributed by atoms with Gasteiger partial charge in [0.15, 0.2) is 0 Å². The number of aromatic amines is 1. The largest absolute Gasteiger partial charge is 0.444 e. The number of rotatable bonds is 7. The van der Waals surface area contributed by atoms with Crippen LogP contribution < -0.4 is 11.1 Å². The van der Waals surface area contributed by atoms with Gasteiger partial charge in [0.1, 0.15) is 11.6 Å². The number of alkyl carbamates (subject to hydrolysis) is 1. The molecule has 0 aliphatic carbocycles. The summed E-state index contributed by atoms with van der Waals surface area (Å²) in [4.78, 5) is 26.5. The number of para-hydroxylation sites is 1. The molecule has 0 spiro atoms. The van der Waals surface area contributed by atoms with Crippen LogP contribution in [0.1, 0.15) is 38.3 Å². The van der Waals surface area contributed by atoms with Crippen LogP contribution >= 0.6 is 11.8 Å². The van der Waals surface area contributed by atoms with Crippen molar-refractivity contribution in [2.24, 2.45) is 5.73 Å². The molecule has 1 aromatic carbocycles.